The second-order valence-electron chi connectivity index (χ2n) is 8.00. The van der Waals surface area contributed by atoms with E-state index >= 15 is 0 Å². The van der Waals surface area contributed by atoms with Crippen molar-refractivity contribution in [1.29, 1.82) is 0 Å². The van der Waals surface area contributed by atoms with Crippen molar-refractivity contribution in [2.24, 2.45) is 5.92 Å². The fourth-order valence-corrected chi connectivity index (χ4v) is 3.45. The van der Waals surface area contributed by atoms with Crippen LogP contribution in [0.4, 0.5) is 16.2 Å². The number of anilines is 2. The van der Waals surface area contributed by atoms with Gasteiger partial charge < -0.3 is 10.1 Å². The predicted octanol–water partition coefficient (Wildman–Crippen LogP) is 4.58. The summed E-state index contributed by atoms with van der Waals surface area (Å²) in [5.74, 6) is 0.841. The molecule has 2 aliphatic rings. The van der Waals surface area contributed by atoms with Gasteiger partial charge in [-0.15, -0.1) is 0 Å². The topological polar surface area (TPSA) is 41.6 Å². The van der Waals surface area contributed by atoms with E-state index in [1.54, 1.807) is 4.90 Å². The Morgan fingerprint density at radius 2 is 2.04 bits per heavy atom. The second kappa shape index (κ2) is 6.06. The van der Waals surface area contributed by atoms with Gasteiger partial charge >= 0.3 is 6.09 Å². The molecule has 1 aromatic rings. The summed E-state index contributed by atoms with van der Waals surface area (Å²) in [7, 11) is 0. The van der Waals surface area contributed by atoms with E-state index < -0.39 is 5.60 Å². The third kappa shape index (κ3) is 3.80. The smallest absolute Gasteiger partial charge is 0.414 e. The SMILES string of the molecule is CC1CC(Nc2ccc3c(c2)CCCN3C(=O)OC(C)(C)C)C1. The van der Waals surface area contributed by atoms with Gasteiger partial charge in [0.2, 0.25) is 0 Å². The van der Waals surface area contributed by atoms with Crippen LogP contribution in [0.3, 0.4) is 0 Å². The van der Waals surface area contributed by atoms with E-state index in [1.807, 2.05) is 20.8 Å². The molecule has 0 unspecified atom stereocenters. The number of nitrogens with zero attached hydrogens (tertiary/aromatic N) is 1. The van der Waals surface area contributed by atoms with Crippen LogP contribution in [0.15, 0.2) is 18.2 Å². The Morgan fingerprint density at radius 3 is 2.70 bits per heavy atom. The molecule has 23 heavy (non-hydrogen) atoms. The molecule has 1 aromatic carbocycles. The fraction of sp³-hybridized carbons (Fsp3) is 0.632. The van der Waals surface area contributed by atoms with Crippen LogP contribution in [0, 0.1) is 5.92 Å². The molecule has 1 aliphatic heterocycles. The van der Waals surface area contributed by atoms with Crippen molar-refractivity contribution in [3.8, 4) is 0 Å². The minimum Gasteiger partial charge on any atom is -0.443 e. The van der Waals surface area contributed by atoms with Crippen LogP contribution in [0.5, 0.6) is 0 Å². The lowest BCUT2D eigenvalue weighted by molar-refractivity contribution is 0.0578. The minimum atomic E-state index is -0.461. The average molecular weight is 316 g/mol. The molecule has 1 saturated carbocycles. The van der Waals surface area contributed by atoms with E-state index in [1.165, 1.54) is 24.1 Å². The Kier molecular flexibility index (Phi) is 4.26. The molecule has 1 amide bonds. The Bertz CT molecular complexity index is 586. The molecule has 1 fully saturated rings. The molecule has 1 aliphatic carbocycles. The van der Waals surface area contributed by atoms with Gasteiger partial charge in [0.15, 0.2) is 0 Å². The predicted molar refractivity (Wildman–Crippen MR) is 94.2 cm³/mol. The molecule has 0 aromatic heterocycles. The Morgan fingerprint density at radius 1 is 1.30 bits per heavy atom. The molecule has 0 bridgehead atoms. The number of nitrogens with one attached hydrogen (secondary N) is 1. The zero-order chi connectivity index (χ0) is 16.6. The van der Waals surface area contributed by atoms with Crippen LogP contribution in [0.2, 0.25) is 0 Å². The zero-order valence-electron chi connectivity index (χ0n) is 14.7. The normalized spacial score (nSPS) is 23.7. The summed E-state index contributed by atoms with van der Waals surface area (Å²) >= 11 is 0. The Hall–Kier alpha value is -1.71. The van der Waals surface area contributed by atoms with Crippen molar-refractivity contribution in [1.82, 2.24) is 0 Å². The van der Waals surface area contributed by atoms with Gasteiger partial charge in [-0.05, 0) is 76.1 Å². The number of fused-ring (bicyclic) bond motifs is 1. The highest BCUT2D eigenvalue weighted by atomic mass is 16.6. The lowest BCUT2D eigenvalue weighted by atomic mass is 9.82. The van der Waals surface area contributed by atoms with Gasteiger partial charge in [0.1, 0.15) is 5.60 Å². The number of rotatable bonds is 2. The highest BCUT2D eigenvalue weighted by Gasteiger charge is 2.28. The van der Waals surface area contributed by atoms with Crippen molar-refractivity contribution in [3.05, 3.63) is 23.8 Å². The van der Waals surface area contributed by atoms with E-state index in [2.05, 4.69) is 30.4 Å². The van der Waals surface area contributed by atoms with Crippen LogP contribution in [0.25, 0.3) is 0 Å². The van der Waals surface area contributed by atoms with Crippen LogP contribution in [0.1, 0.15) is 52.5 Å². The van der Waals surface area contributed by atoms with E-state index in [4.69, 9.17) is 4.74 Å². The summed E-state index contributed by atoms with van der Waals surface area (Å²) in [6.45, 7) is 8.74. The molecule has 4 nitrogen and oxygen atoms in total. The first-order valence-electron chi connectivity index (χ1n) is 8.72. The third-order valence-electron chi connectivity index (χ3n) is 4.56. The van der Waals surface area contributed by atoms with E-state index in [0.29, 0.717) is 6.04 Å². The highest BCUT2D eigenvalue weighted by Crippen LogP contribution is 2.33. The molecule has 0 atom stereocenters. The maximum Gasteiger partial charge on any atom is 0.414 e. The molecule has 1 heterocycles. The number of amides is 1. The van der Waals surface area contributed by atoms with Gasteiger partial charge in [-0.1, -0.05) is 6.92 Å². The van der Waals surface area contributed by atoms with Gasteiger partial charge in [-0.3, -0.25) is 4.90 Å². The molecule has 0 radical (unpaired) electrons. The van der Waals surface area contributed by atoms with Gasteiger partial charge in [0.05, 0.1) is 5.69 Å². The number of carbonyl (C=O) groups excluding carboxylic acids is 1. The molecule has 4 heteroatoms. The Balaban J connectivity index is 1.73. The van der Waals surface area contributed by atoms with Crippen LogP contribution < -0.4 is 10.2 Å². The van der Waals surface area contributed by atoms with Gasteiger partial charge in [-0.2, -0.15) is 0 Å². The fourth-order valence-electron chi connectivity index (χ4n) is 3.45. The lowest BCUT2D eigenvalue weighted by Crippen LogP contribution is -2.40. The number of benzene rings is 1. The van der Waals surface area contributed by atoms with Crippen molar-refractivity contribution in [3.63, 3.8) is 0 Å². The highest BCUT2D eigenvalue weighted by molar-refractivity contribution is 5.90. The lowest BCUT2D eigenvalue weighted by Gasteiger charge is -2.35. The molecular formula is C19H28N2O2. The number of hydrogen-bond donors (Lipinski definition) is 1. The van der Waals surface area contributed by atoms with Gasteiger partial charge in [-0.25, -0.2) is 4.79 Å². The largest absolute Gasteiger partial charge is 0.443 e. The summed E-state index contributed by atoms with van der Waals surface area (Å²) in [5, 5.41) is 3.61. The van der Waals surface area contributed by atoms with Crippen molar-refractivity contribution < 1.29 is 9.53 Å². The molecule has 0 spiro atoms. The summed E-state index contributed by atoms with van der Waals surface area (Å²) in [4.78, 5) is 14.2. The number of aryl methyl sites for hydroxylation is 1. The molecule has 3 rings (SSSR count). The molecular weight excluding hydrogens is 288 g/mol. The van der Waals surface area contributed by atoms with Gasteiger partial charge in [0.25, 0.3) is 0 Å². The Labute approximate surface area is 139 Å². The summed E-state index contributed by atoms with van der Waals surface area (Å²) < 4.78 is 5.54. The van der Waals surface area contributed by atoms with Crippen LogP contribution in [-0.4, -0.2) is 24.3 Å². The summed E-state index contributed by atoms with van der Waals surface area (Å²) in [5.41, 5.74) is 2.95. The average Bonchev–Trinajstić information content (AvgIpc) is 2.43. The van der Waals surface area contributed by atoms with Crippen LogP contribution in [-0.2, 0) is 11.2 Å². The number of hydrogen-bond acceptors (Lipinski definition) is 3. The number of carbonyl (C=O) groups is 1. The standard InChI is InChI=1S/C19H28N2O2/c1-13-10-16(11-13)20-15-7-8-17-14(12-15)6-5-9-21(17)18(22)23-19(2,3)4/h7-8,12-13,16,20H,5-6,9-11H2,1-4H3. The quantitative estimate of drug-likeness (QED) is 0.868. The summed E-state index contributed by atoms with van der Waals surface area (Å²) in [6, 6.07) is 6.95. The van der Waals surface area contributed by atoms with Crippen molar-refractivity contribution in [2.45, 2.75) is 65.0 Å². The minimum absolute atomic E-state index is 0.244. The van der Waals surface area contributed by atoms with Gasteiger partial charge in [0, 0.05) is 18.3 Å². The van der Waals surface area contributed by atoms with E-state index in [-0.39, 0.29) is 6.09 Å². The number of ether oxygens (including phenoxy) is 1. The zero-order valence-corrected chi connectivity index (χ0v) is 14.7. The van der Waals surface area contributed by atoms with Crippen LogP contribution >= 0.6 is 0 Å². The first kappa shape index (κ1) is 16.2. The molecule has 0 saturated heterocycles. The van der Waals surface area contributed by atoms with Crippen molar-refractivity contribution >= 4 is 17.5 Å². The second-order valence-corrected chi connectivity index (χ2v) is 8.00. The maximum atomic E-state index is 12.4. The maximum absolute atomic E-state index is 12.4. The molecule has 126 valence electrons. The first-order valence-corrected chi connectivity index (χ1v) is 8.72. The van der Waals surface area contributed by atoms with Crippen molar-refractivity contribution in [2.75, 3.05) is 16.8 Å². The third-order valence-corrected chi connectivity index (χ3v) is 4.56. The molecule has 1 N–H and O–H groups in total. The summed E-state index contributed by atoms with van der Waals surface area (Å²) in [6.07, 6.45) is 4.26. The first-order chi connectivity index (χ1) is 10.8. The van der Waals surface area contributed by atoms with E-state index in [0.717, 1.165) is 31.0 Å². The van der Waals surface area contributed by atoms with E-state index in [9.17, 15) is 4.79 Å². The monoisotopic (exact) mass is 316 g/mol.